The second kappa shape index (κ2) is 5.53. The molecule has 112 valence electrons. The van der Waals surface area contributed by atoms with Crippen molar-refractivity contribution in [3.8, 4) is 23.1 Å². The van der Waals surface area contributed by atoms with Crippen LogP contribution in [-0.4, -0.2) is 10.2 Å². The third-order valence-corrected chi connectivity index (χ3v) is 3.36. The Hall–Kier alpha value is -3.21. The molecule has 0 saturated heterocycles. The molecular formula is C18H11FN2O2. The first-order valence-corrected chi connectivity index (χ1v) is 7.05. The fourth-order valence-electron chi connectivity index (χ4n) is 2.23. The van der Waals surface area contributed by atoms with E-state index in [1.807, 2.05) is 18.2 Å². The molecule has 0 bridgehead atoms. The number of rotatable bonds is 2. The van der Waals surface area contributed by atoms with Crippen LogP contribution in [0.3, 0.4) is 0 Å². The summed E-state index contributed by atoms with van der Waals surface area (Å²) in [5.74, 6) is 1.72. The van der Waals surface area contributed by atoms with Crippen LogP contribution in [0.5, 0.6) is 23.1 Å². The summed E-state index contributed by atoms with van der Waals surface area (Å²) in [4.78, 5) is 0. The van der Waals surface area contributed by atoms with E-state index < -0.39 is 0 Å². The van der Waals surface area contributed by atoms with E-state index in [1.165, 1.54) is 6.07 Å². The van der Waals surface area contributed by atoms with Gasteiger partial charge in [0, 0.05) is 11.6 Å². The van der Waals surface area contributed by atoms with Crippen molar-refractivity contribution in [2.24, 2.45) is 0 Å². The van der Waals surface area contributed by atoms with Crippen molar-refractivity contribution in [3.05, 3.63) is 71.7 Å². The van der Waals surface area contributed by atoms with Gasteiger partial charge in [-0.1, -0.05) is 30.3 Å². The topological polar surface area (TPSA) is 44.2 Å². The minimum absolute atomic E-state index is 0.289. The number of hydrogen-bond acceptors (Lipinski definition) is 4. The van der Waals surface area contributed by atoms with E-state index in [1.54, 1.807) is 42.5 Å². The molecule has 1 aliphatic rings. The lowest BCUT2D eigenvalue weighted by Crippen LogP contribution is -2.02. The highest BCUT2D eigenvalue weighted by Crippen LogP contribution is 2.43. The molecule has 2 aromatic carbocycles. The molecular weight excluding hydrogens is 295 g/mol. The maximum Gasteiger partial charge on any atom is 0.282 e. The summed E-state index contributed by atoms with van der Waals surface area (Å²) in [5, 5.41) is 8.06. The number of para-hydroxylation sites is 2. The minimum Gasteiger partial charge on any atom is -0.448 e. The van der Waals surface area contributed by atoms with Gasteiger partial charge < -0.3 is 9.47 Å². The average Bonchev–Trinajstić information content (AvgIpc) is 2.59. The van der Waals surface area contributed by atoms with E-state index in [2.05, 4.69) is 10.2 Å². The largest absolute Gasteiger partial charge is 0.448 e. The lowest BCUT2D eigenvalue weighted by molar-refractivity contribution is 0.343. The predicted octanol–water partition coefficient (Wildman–Crippen LogP) is 4.68. The summed E-state index contributed by atoms with van der Waals surface area (Å²) in [5.41, 5.74) is 1.03. The van der Waals surface area contributed by atoms with Crippen LogP contribution in [0.1, 0.15) is 11.3 Å². The zero-order valence-electron chi connectivity index (χ0n) is 11.9. The van der Waals surface area contributed by atoms with Gasteiger partial charge in [0.15, 0.2) is 17.2 Å². The van der Waals surface area contributed by atoms with Gasteiger partial charge in [0.1, 0.15) is 5.82 Å². The van der Waals surface area contributed by atoms with Crippen LogP contribution in [-0.2, 0) is 0 Å². The molecule has 0 unspecified atom stereocenters. The quantitative estimate of drug-likeness (QED) is 0.539. The number of nitrogens with zero attached hydrogens (tertiary/aromatic N) is 2. The van der Waals surface area contributed by atoms with Gasteiger partial charge in [-0.3, -0.25) is 0 Å². The van der Waals surface area contributed by atoms with E-state index in [4.69, 9.17) is 9.47 Å². The van der Waals surface area contributed by atoms with Crippen LogP contribution in [0, 0.1) is 5.82 Å². The molecule has 0 aliphatic carbocycles. The van der Waals surface area contributed by atoms with Crippen molar-refractivity contribution in [3.63, 3.8) is 0 Å². The van der Waals surface area contributed by atoms with Crippen molar-refractivity contribution >= 4 is 12.2 Å². The van der Waals surface area contributed by atoms with E-state index in [-0.39, 0.29) is 5.82 Å². The highest BCUT2D eigenvalue weighted by Gasteiger charge is 2.20. The zero-order chi connectivity index (χ0) is 15.6. The Kier molecular flexibility index (Phi) is 3.24. The van der Waals surface area contributed by atoms with Crippen molar-refractivity contribution in [2.75, 3.05) is 0 Å². The summed E-state index contributed by atoms with van der Waals surface area (Å²) >= 11 is 0. The second-order valence-corrected chi connectivity index (χ2v) is 4.94. The maximum absolute atomic E-state index is 13.6. The lowest BCUT2D eigenvalue weighted by atomic mass is 10.2. The summed E-state index contributed by atoms with van der Waals surface area (Å²) in [7, 11) is 0. The molecule has 5 heteroatoms. The van der Waals surface area contributed by atoms with Gasteiger partial charge in [0.2, 0.25) is 0 Å². The predicted molar refractivity (Wildman–Crippen MR) is 84.0 cm³/mol. The Labute approximate surface area is 131 Å². The SMILES string of the molecule is Fc1ccccc1/C=C/c1cc2c(nn1)Oc1ccccc1O2. The number of aromatic nitrogens is 2. The van der Waals surface area contributed by atoms with Crippen LogP contribution in [0.15, 0.2) is 54.6 Å². The summed E-state index contributed by atoms with van der Waals surface area (Å²) in [6.07, 6.45) is 3.32. The number of fused-ring (bicyclic) bond motifs is 2. The van der Waals surface area contributed by atoms with Crippen LogP contribution in [0.25, 0.3) is 12.2 Å². The molecule has 0 radical (unpaired) electrons. The van der Waals surface area contributed by atoms with Gasteiger partial charge in [0.25, 0.3) is 5.88 Å². The Balaban J connectivity index is 1.63. The molecule has 0 saturated carbocycles. The van der Waals surface area contributed by atoms with Crippen LogP contribution in [0.4, 0.5) is 4.39 Å². The zero-order valence-corrected chi connectivity index (χ0v) is 11.9. The Bertz CT molecular complexity index is 909. The van der Waals surface area contributed by atoms with Crippen LogP contribution in [0.2, 0.25) is 0 Å². The molecule has 0 amide bonds. The standard InChI is InChI=1S/C18H11FN2O2/c19-14-6-2-1-5-12(14)9-10-13-11-17-18(21-20-13)23-16-8-4-3-7-15(16)22-17/h1-11H/b10-9+. The molecule has 0 fully saturated rings. The molecule has 0 spiro atoms. The van der Waals surface area contributed by atoms with E-state index in [0.717, 1.165) is 0 Å². The fraction of sp³-hybridized carbons (Fsp3) is 0. The first-order valence-electron chi connectivity index (χ1n) is 7.05. The first kappa shape index (κ1) is 13.5. The normalized spacial score (nSPS) is 12.2. The smallest absolute Gasteiger partial charge is 0.282 e. The fourth-order valence-corrected chi connectivity index (χ4v) is 2.23. The van der Waals surface area contributed by atoms with Crippen molar-refractivity contribution in [2.45, 2.75) is 0 Å². The minimum atomic E-state index is -0.289. The first-order chi connectivity index (χ1) is 11.3. The summed E-state index contributed by atoms with van der Waals surface area (Å²) in [6, 6.07) is 15.5. The van der Waals surface area contributed by atoms with Crippen LogP contribution < -0.4 is 9.47 Å². The average molecular weight is 306 g/mol. The number of ether oxygens (including phenoxy) is 2. The van der Waals surface area contributed by atoms with Gasteiger partial charge in [-0.05, 0) is 30.4 Å². The molecule has 0 N–H and O–H groups in total. The molecule has 4 rings (SSSR count). The highest BCUT2D eigenvalue weighted by molar-refractivity contribution is 5.69. The Morgan fingerprint density at radius 2 is 1.52 bits per heavy atom. The molecule has 4 nitrogen and oxygen atoms in total. The van der Waals surface area contributed by atoms with Gasteiger partial charge in [0.05, 0.1) is 5.69 Å². The van der Waals surface area contributed by atoms with E-state index in [0.29, 0.717) is 34.4 Å². The third kappa shape index (κ3) is 2.64. The molecule has 1 aliphatic heterocycles. The lowest BCUT2D eigenvalue weighted by Gasteiger charge is -2.18. The number of benzene rings is 2. The third-order valence-electron chi connectivity index (χ3n) is 3.36. The molecule has 2 heterocycles. The Morgan fingerprint density at radius 3 is 2.35 bits per heavy atom. The van der Waals surface area contributed by atoms with E-state index >= 15 is 0 Å². The maximum atomic E-state index is 13.6. The summed E-state index contributed by atoms with van der Waals surface area (Å²) < 4.78 is 25.0. The number of halogens is 1. The van der Waals surface area contributed by atoms with Gasteiger partial charge >= 0.3 is 0 Å². The highest BCUT2D eigenvalue weighted by atomic mass is 19.1. The van der Waals surface area contributed by atoms with E-state index in [9.17, 15) is 4.39 Å². The molecule has 3 aromatic rings. The van der Waals surface area contributed by atoms with Gasteiger partial charge in [-0.15, -0.1) is 10.2 Å². The monoisotopic (exact) mass is 306 g/mol. The number of hydrogen-bond donors (Lipinski definition) is 0. The molecule has 23 heavy (non-hydrogen) atoms. The Morgan fingerprint density at radius 1 is 0.783 bits per heavy atom. The van der Waals surface area contributed by atoms with Crippen molar-refractivity contribution in [1.82, 2.24) is 10.2 Å². The second-order valence-electron chi connectivity index (χ2n) is 4.94. The molecule has 0 atom stereocenters. The van der Waals surface area contributed by atoms with Crippen molar-refractivity contribution < 1.29 is 13.9 Å². The van der Waals surface area contributed by atoms with Gasteiger partial charge in [-0.2, -0.15) is 0 Å². The summed E-state index contributed by atoms with van der Waals surface area (Å²) in [6.45, 7) is 0. The van der Waals surface area contributed by atoms with Gasteiger partial charge in [-0.25, -0.2) is 4.39 Å². The van der Waals surface area contributed by atoms with Crippen LogP contribution >= 0.6 is 0 Å². The van der Waals surface area contributed by atoms with Crippen molar-refractivity contribution in [1.29, 1.82) is 0 Å². The molecule has 1 aromatic heterocycles.